The standard InChI is InChI=1S/C46H30N2S/c1-3-11-31(12-4-1)32-19-22-35(23-20-32)47(36-25-28-45-42(29-36)40-17-9-10-18-44(40)49-45)37-24-27-39-41-26-21-33-13-7-8-16-38(33)46(41)48(43(39)30-37)34-14-5-2-6-15-34/h1-30H. The van der Waals surface area contributed by atoms with Gasteiger partial charge in [0, 0.05) is 59.1 Å². The second-order valence-electron chi connectivity index (χ2n) is 12.6. The minimum absolute atomic E-state index is 1.11. The average Bonchev–Trinajstić information content (AvgIpc) is 3.71. The molecule has 10 aromatic rings. The highest BCUT2D eigenvalue weighted by Gasteiger charge is 2.20. The summed E-state index contributed by atoms with van der Waals surface area (Å²) in [7, 11) is 0. The third kappa shape index (κ3) is 4.55. The SMILES string of the molecule is c1ccc(-c2ccc(N(c3ccc4sc5ccccc5c4c3)c3ccc4c5ccc6ccccc6c5n(-c5ccccc5)c4c3)cc2)cc1. The molecule has 0 unspecified atom stereocenters. The van der Waals surface area contributed by atoms with E-state index in [0.717, 1.165) is 22.7 Å². The normalized spacial score (nSPS) is 11.7. The van der Waals surface area contributed by atoms with Crippen molar-refractivity contribution in [2.45, 2.75) is 0 Å². The molecule has 49 heavy (non-hydrogen) atoms. The van der Waals surface area contributed by atoms with Crippen LogP contribution in [0.3, 0.4) is 0 Å². The van der Waals surface area contributed by atoms with Crippen molar-refractivity contribution in [1.29, 1.82) is 0 Å². The zero-order chi connectivity index (χ0) is 32.3. The first kappa shape index (κ1) is 27.9. The van der Waals surface area contributed by atoms with Crippen LogP contribution in [0.4, 0.5) is 17.1 Å². The van der Waals surface area contributed by atoms with Gasteiger partial charge in [-0.05, 0) is 77.2 Å². The largest absolute Gasteiger partial charge is 0.310 e. The molecule has 0 aliphatic carbocycles. The van der Waals surface area contributed by atoms with E-state index in [2.05, 4.69) is 191 Å². The minimum atomic E-state index is 1.11. The molecule has 0 saturated heterocycles. The van der Waals surface area contributed by atoms with Gasteiger partial charge in [-0.15, -0.1) is 11.3 Å². The fourth-order valence-electron chi connectivity index (χ4n) is 7.48. The number of thiophene rings is 1. The summed E-state index contributed by atoms with van der Waals surface area (Å²) >= 11 is 1.86. The van der Waals surface area contributed by atoms with Crippen molar-refractivity contribution in [2.75, 3.05) is 4.90 Å². The lowest BCUT2D eigenvalue weighted by atomic mass is 10.0. The molecule has 0 saturated carbocycles. The van der Waals surface area contributed by atoms with Gasteiger partial charge in [-0.1, -0.05) is 121 Å². The number of hydrogen-bond acceptors (Lipinski definition) is 2. The van der Waals surface area contributed by atoms with E-state index in [9.17, 15) is 0 Å². The van der Waals surface area contributed by atoms with Gasteiger partial charge in [0.25, 0.3) is 0 Å². The highest BCUT2D eigenvalue weighted by molar-refractivity contribution is 7.25. The zero-order valence-electron chi connectivity index (χ0n) is 26.6. The van der Waals surface area contributed by atoms with Crippen LogP contribution in [-0.2, 0) is 0 Å². The topological polar surface area (TPSA) is 8.17 Å². The Morgan fingerprint density at radius 3 is 1.84 bits per heavy atom. The molecule has 0 fully saturated rings. The quantitative estimate of drug-likeness (QED) is 0.181. The molecule has 3 heteroatoms. The molecule has 0 N–H and O–H groups in total. The number of anilines is 3. The molecule has 230 valence electrons. The van der Waals surface area contributed by atoms with Gasteiger partial charge in [0.15, 0.2) is 0 Å². The van der Waals surface area contributed by atoms with Crippen LogP contribution >= 0.6 is 11.3 Å². The maximum absolute atomic E-state index is 2.45. The Bertz CT molecular complexity index is 2810. The lowest BCUT2D eigenvalue weighted by Crippen LogP contribution is -2.10. The summed E-state index contributed by atoms with van der Waals surface area (Å²) in [4.78, 5) is 2.41. The predicted molar refractivity (Wildman–Crippen MR) is 211 cm³/mol. The molecule has 2 aromatic heterocycles. The Labute approximate surface area is 288 Å². The van der Waals surface area contributed by atoms with E-state index in [1.54, 1.807) is 0 Å². The predicted octanol–water partition coefficient (Wildman–Crippen LogP) is 13.4. The van der Waals surface area contributed by atoms with Crippen molar-refractivity contribution in [3.63, 3.8) is 0 Å². The van der Waals surface area contributed by atoms with Crippen molar-refractivity contribution in [2.24, 2.45) is 0 Å². The Kier molecular flexibility index (Phi) is 6.39. The van der Waals surface area contributed by atoms with Gasteiger partial charge in [0.2, 0.25) is 0 Å². The van der Waals surface area contributed by atoms with Crippen LogP contribution in [-0.4, -0.2) is 4.57 Å². The second-order valence-corrected chi connectivity index (χ2v) is 13.7. The number of hydrogen-bond donors (Lipinski definition) is 0. The van der Waals surface area contributed by atoms with Gasteiger partial charge in [-0.3, -0.25) is 0 Å². The van der Waals surface area contributed by atoms with Crippen molar-refractivity contribution in [3.05, 3.63) is 182 Å². The summed E-state index contributed by atoms with van der Waals surface area (Å²) in [6, 6.07) is 66.2. The van der Waals surface area contributed by atoms with E-state index in [1.165, 1.54) is 63.9 Å². The van der Waals surface area contributed by atoms with Crippen LogP contribution in [0.1, 0.15) is 0 Å². The van der Waals surface area contributed by atoms with Crippen LogP contribution in [0, 0.1) is 0 Å². The molecule has 0 aliphatic heterocycles. The average molecular weight is 643 g/mol. The summed E-state index contributed by atoms with van der Waals surface area (Å²) < 4.78 is 5.06. The van der Waals surface area contributed by atoms with Gasteiger partial charge in [0.1, 0.15) is 0 Å². The number of nitrogens with zero attached hydrogens (tertiary/aromatic N) is 2. The smallest absolute Gasteiger partial charge is 0.0619 e. The first-order valence-corrected chi connectivity index (χ1v) is 17.5. The Morgan fingerprint density at radius 1 is 0.388 bits per heavy atom. The number of para-hydroxylation sites is 1. The van der Waals surface area contributed by atoms with Crippen LogP contribution in [0.5, 0.6) is 0 Å². The van der Waals surface area contributed by atoms with Crippen LogP contribution < -0.4 is 4.90 Å². The van der Waals surface area contributed by atoms with Crippen molar-refractivity contribution in [3.8, 4) is 16.8 Å². The molecule has 8 aromatic carbocycles. The number of fused-ring (bicyclic) bond motifs is 8. The molecule has 0 bridgehead atoms. The molecule has 0 atom stereocenters. The Morgan fingerprint density at radius 2 is 1.00 bits per heavy atom. The lowest BCUT2D eigenvalue weighted by Gasteiger charge is -2.26. The molecule has 0 spiro atoms. The molecular weight excluding hydrogens is 613 g/mol. The summed E-state index contributed by atoms with van der Waals surface area (Å²) in [5, 5.41) is 7.59. The van der Waals surface area contributed by atoms with Crippen LogP contribution in [0.15, 0.2) is 182 Å². The van der Waals surface area contributed by atoms with Crippen molar-refractivity contribution < 1.29 is 0 Å². The highest BCUT2D eigenvalue weighted by atomic mass is 32.1. The highest BCUT2D eigenvalue weighted by Crippen LogP contribution is 2.44. The maximum atomic E-state index is 2.45. The molecule has 0 radical (unpaired) electrons. The maximum Gasteiger partial charge on any atom is 0.0619 e. The van der Waals surface area contributed by atoms with E-state index < -0.39 is 0 Å². The van der Waals surface area contributed by atoms with Gasteiger partial charge in [0.05, 0.1) is 11.0 Å². The zero-order valence-corrected chi connectivity index (χ0v) is 27.4. The van der Waals surface area contributed by atoms with Crippen molar-refractivity contribution >= 4 is 81.1 Å². The fourth-order valence-corrected chi connectivity index (χ4v) is 8.57. The minimum Gasteiger partial charge on any atom is -0.310 e. The van der Waals surface area contributed by atoms with E-state index in [1.807, 2.05) is 11.3 Å². The summed E-state index contributed by atoms with van der Waals surface area (Å²) in [6.45, 7) is 0. The Balaban J connectivity index is 1.23. The molecule has 2 nitrogen and oxygen atoms in total. The monoisotopic (exact) mass is 642 g/mol. The molecular formula is C46H30N2S. The number of aromatic nitrogens is 1. The third-order valence-electron chi connectivity index (χ3n) is 9.76. The first-order chi connectivity index (χ1) is 24.3. The fraction of sp³-hybridized carbons (Fsp3) is 0. The van der Waals surface area contributed by atoms with E-state index in [0.29, 0.717) is 0 Å². The van der Waals surface area contributed by atoms with Gasteiger partial charge < -0.3 is 9.47 Å². The van der Waals surface area contributed by atoms with E-state index in [4.69, 9.17) is 0 Å². The molecule has 10 rings (SSSR count). The third-order valence-corrected chi connectivity index (χ3v) is 10.9. The summed E-state index contributed by atoms with van der Waals surface area (Å²) in [5.74, 6) is 0. The summed E-state index contributed by atoms with van der Waals surface area (Å²) in [5.41, 5.74) is 9.36. The van der Waals surface area contributed by atoms with Gasteiger partial charge >= 0.3 is 0 Å². The first-order valence-electron chi connectivity index (χ1n) is 16.7. The van der Waals surface area contributed by atoms with Gasteiger partial charge in [-0.25, -0.2) is 0 Å². The Hall–Kier alpha value is -6.16. The van der Waals surface area contributed by atoms with Crippen LogP contribution in [0.2, 0.25) is 0 Å². The second kappa shape index (κ2) is 11.2. The number of rotatable bonds is 5. The molecule has 0 amide bonds. The molecule has 2 heterocycles. The van der Waals surface area contributed by atoms with E-state index in [-0.39, 0.29) is 0 Å². The van der Waals surface area contributed by atoms with Crippen molar-refractivity contribution in [1.82, 2.24) is 4.57 Å². The van der Waals surface area contributed by atoms with Gasteiger partial charge in [-0.2, -0.15) is 0 Å². The number of benzene rings is 8. The van der Waals surface area contributed by atoms with E-state index >= 15 is 0 Å². The lowest BCUT2D eigenvalue weighted by molar-refractivity contribution is 1.18. The summed E-state index contributed by atoms with van der Waals surface area (Å²) in [6.07, 6.45) is 0. The molecule has 0 aliphatic rings. The van der Waals surface area contributed by atoms with Crippen LogP contribution in [0.25, 0.3) is 69.6 Å².